The summed E-state index contributed by atoms with van der Waals surface area (Å²) in [7, 11) is 0. The standard InChI is InChI=1S/C14H16BrFN4O/c1-4-9-7(2)18-20(8(9)3)11-6-5-10(14(17)19-21)12(15)13(11)16/h5-6,21H,4H2,1-3H3,(H2,17,19). The second-order valence-electron chi connectivity index (χ2n) is 4.66. The molecule has 0 saturated heterocycles. The molecule has 1 heterocycles. The van der Waals surface area contributed by atoms with Crippen molar-refractivity contribution in [1.82, 2.24) is 9.78 Å². The van der Waals surface area contributed by atoms with Gasteiger partial charge < -0.3 is 10.9 Å². The number of halogens is 2. The van der Waals surface area contributed by atoms with E-state index in [2.05, 4.69) is 26.2 Å². The molecule has 0 fully saturated rings. The Morgan fingerprint density at radius 3 is 2.67 bits per heavy atom. The normalized spacial score (nSPS) is 12.0. The van der Waals surface area contributed by atoms with Gasteiger partial charge in [0.15, 0.2) is 11.7 Å². The second kappa shape index (κ2) is 5.85. The Morgan fingerprint density at radius 1 is 1.48 bits per heavy atom. The van der Waals surface area contributed by atoms with Crippen molar-refractivity contribution < 1.29 is 9.60 Å². The molecule has 7 heteroatoms. The van der Waals surface area contributed by atoms with E-state index >= 15 is 0 Å². The summed E-state index contributed by atoms with van der Waals surface area (Å²) in [4.78, 5) is 0. The lowest BCUT2D eigenvalue weighted by Gasteiger charge is -2.10. The van der Waals surface area contributed by atoms with Crippen molar-refractivity contribution in [1.29, 1.82) is 0 Å². The van der Waals surface area contributed by atoms with E-state index in [-0.39, 0.29) is 15.9 Å². The summed E-state index contributed by atoms with van der Waals surface area (Å²) in [5.41, 5.74) is 9.00. The number of hydrogen-bond acceptors (Lipinski definition) is 3. The SMILES string of the molecule is CCc1c(C)nn(-c2ccc(/C(N)=N/O)c(Br)c2F)c1C. The van der Waals surface area contributed by atoms with E-state index in [1.165, 1.54) is 0 Å². The molecule has 0 aliphatic rings. The van der Waals surface area contributed by atoms with E-state index < -0.39 is 5.82 Å². The van der Waals surface area contributed by atoms with Crippen LogP contribution in [0.1, 0.15) is 29.4 Å². The summed E-state index contributed by atoms with van der Waals surface area (Å²) in [6.07, 6.45) is 0.836. The van der Waals surface area contributed by atoms with Gasteiger partial charge in [-0.3, -0.25) is 0 Å². The number of benzene rings is 1. The zero-order chi connectivity index (χ0) is 15.7. The Hall–Kier alpha value is -1.89. The maximum atomic E-state index is 14.6. The molecule has 0 spiro atoms. The third kappa shape index (κ3) is 2.53. The number of hydrogen-bond donors (Lipinski definition) is 2. The first-order valence-electron chi connectivity index (χ1n) is 6.43. The molecule has 5 nitrogen and oxygen atoms in total. The monoisotopic (exact) mass is 354 g/mol. The molecular weight excluding hydrogens is 339 g/mol. The van der Waals surface area contributed by atoms with Gasteiger partial charge in [-0.25, -0.2) is 9.07 Å². The lowest BCUT2D eigenvalue weighted by molar-refractivity contribution is 0.318. The van der Waals surface area contributed by atoms with Crippen LogP contribution in [0.25, 0.3) is 5.69 Å². The van der Waals surface area contributed by atoms with E-state index in [1.807, 2.05) is 20.8 Å². The Labute approximate surface area is 130 Å². The van der Waals surface area contributed by atoms with Gasteiger partial charge in [0.25, 0.3) is 0 Å². The molecule has 0 aliphatic carbocycles. The third-order valence-corrected chi connectivity index (χ3v) is 4.24. The maximum absolute atomic E-state index is 14.6. The molecule has 21 heavy (non-hydrogen) atoms. The fourth-order valence-electron chi connectivity index (χ4n) is 2.38. The van der Waals surface area contributed by atoms with Crippen molar-refractivity contribution in [3.8, 4) is 5.69 Å². The number of rotatable bonds is 3. The van der Waals surface area contributed by atoms with Crippen LogP contribution < -0.4 is 5.73 Å². The lowest BCUT2D eigenvalue weighted by Crippen LogP contribution is -2.15. The van der Waals surface area contributed by atoms with Crippen molar-refractivity contribution >= 4 is 21.8 Å². The molecule has 2 aromatic rings. The summed E-state index contributed by atoms with van der Waals surface area (Å²) in [5, 5.41) is 16.0. The van der Waals surface area contributed by atoms with Gasteiger partial charge in [0.05, 0.1) is 10.2 Å². The van der Waals surface area contributed by atoms with Gasteiger partial charge >= 0.3 is 0 Å². The largest absolute Gasteiger partial charge is 0.409 e. The van der Waals surface area contributed by atoms with Crippen LogP contribution in [0.3, 0.4) is 0 Å². The highest BCUT2D eigenvalue weighted by molar-refractivity contribution is 9.10. The topological polar surface area (TPSA) is 76.4 Å². The van der Waals surface area contributed by atoms with Crippen LogP contribution in [0.5, 0.6) is 0 Å². The molecule has 1 aromatic carbocycles. The van der Waals surface area contributed by atoms with Gasteiger partial charge in [0, 0.05) is 11.3 Å². The molecule has 0 saturated carbocycles. The molecule has 3 N–H and O–H groups in total. The Kier molecular flexibility index (Phi) is 4.32. The van der Waals surface area contributed by atoms with Gasteiger partial charge in [0.1, 0.15) is 5.69 Å². The molecule has 0 aliphatic heterocycles. The summed E-state index contributed by atoms with van der Waals surface area (Å²) >= 11 is 3.15. The van der Waals surface area contributed by atoms with Crippen LogP contribution in [-0.2, 0) is 6.42 Å². The first-order valence-corrected chi connectivity index (χ1v) is 7.23. The number of oxime groups is 1. The number of aryl methyl sites for hydroxylation is 1. The predicted molar refractivity (Wildman–Crippen MR) is 82.6 cm³/mol. The fraction of sp³-hybridized carbons (Fsp3) is 0.286. The Balaban J connectivity index is 2.64. The third-order valence-electron chi connectivity index (χ3n) is 3.47. The fourth-order valence-corrected chi connectivity index (χ4v) is 2.91. The molecule has 1 aromatic heterocycles. The number of aromatic nitrogens is 2. The molecule has 2 rings (SSSR count). The summed E-state index contributed by atoms with van der Waals surface area (Å²) < 4.78 is 16.3. The highest BCUT2D eigenvalue weighted by Gasteiger charge is 2.18. The second-order valence-corrected chi connectivity index (χ2v) is 5.45. The van der Waals surface area contributed by atoms with E-state index in [1.54, 1.807) is 16.8 Å². The first kappa shape index (κ1) is 15.5. The quantitative estimate of drug-likeness (QED) is 0.385. The van der Waals surface area contributed by atoms with Gasteiger partial charge in [-0.15, -0.1) is 0 Å². The minimum Gasteiger partial charge on any atom is -0.409 e. The van der Waals surface area contributed by atoms with Crippen molar-refractivity contribution in [3.05, 3.63) is 44.9 Å². The first-order chi connectivity index (χ1) is 9.92. The van der Waals surface area contributed by atoms with Crippen LogP contribution in [0.2, 0.25) is 0 Å². The zero-order valence-corrected chi connectivity index (χ0v) is 13.6. The number of nitrogens with two attached hydrogens (primary N) is 1. The molecule has 0 atom stereocenters. The average Bonchev–Trinajstić information content (AvgIpc) is 2.75. The highest BCUT2D eigenvalue weighted by Crippen LogP contribution is 2.28. The van der Waals surface area contributed by atoms with Crippen LogP contribution in [0.15, 0.2) is 21.8 Å². The van der Waals surface area contributed by atoms with Gasteiger partial charge in [0.2, 0.25) is 0 Å². The van der Waals surface area contributed by atoms with Crippen molar-refractivity contribution in [2.45, 2.75) is 27.2 Å². The molecule has 0 unspecified atom stereocenters. The van der Waals surface area contributed by atoms with Crippen LogP contribution in [-0.4, -0.2) is 20.8 Å². The molecule has 0 bridgehead atoms. The molecule has 0 radical (unpaired) electrons. The highest BCUT2D eigenvalue weighted by atomic mass is 79.9. The Morgan fingerprint density at radius 2 is 2.14 bits per heavy atom. The maximum Gasteiger partial charge on any atom is 0.171 e. The predicted octanol–water partition coefficient (Wildman–Crippen LogP) is 3.05. The smallest absolute Gasteiger partial charge is 0.171 e. The average molecular weight is 355 g/mol. The minimum atomic E-state index is -0.507. The van der Waals surface area contributed by atoms with Crippen LogP contribution in [0, 0.1) is 19.7 Å². The van der Waals surface area contributed by atoms with E-state index in [4.69, 9.17) is 10.9 Å². The molecule has 0 amide bonds. The molecular formula is C14H16BrFN4O. The summed E-state index contributed by atoms with van der Waals surface area (Å²) in [6, 6.07) is 3.14. The van der Waals surface area contributed by atoms with Gasteiger partial charge in [-0.05, 0) is 53.9 Å². The lowest BCUT2D eigenvalue weighted by atomic mass is 10.1. The molecule has 112 valence electrons. The van der Waals surface area contributed by atoms with Crippen molar-refractivity contribution in [3.63, 3.8) is 0 Å². The number of amidine groups is 1. The Bertz CT molecular complexity index is 724. The van der Waals surface area contributed by atoms with E-state index in [0.717, 1.165) is 23.4 Å². The van der Waals surface area contributed by atoms with Crippen molar-refractivity contribution in [2.75, 3.05) is 0 Å². The van der Waals surface area contributed by atoms with Crippen molar-refractivity contribution in [2.24, 2.45) is 10.9 Å². The zero-order valence-electron chi connectivity index (χ0n) is 12.0. The van der Waals surface area contributed by atoms with Gasteiger partial charge in [-0.2, -0.15) is 5.10 Å². The van der Waals surface area contributed by atoms with Crippen LogP contribution >= 0.6 is 15.9 Å². The summed E-state index contributed by atoms with van der Waals surface area (Å²) in [6.45, 7) is 5.85. The minimum absolute atomic E-state index is 0.140. The number of nitrogens with zero attached hydrogens (tertiary/aromatic N) is 3. The van der Waals surface area contributed by atoms with E-state index in [0.29, 0.717) is 5.69 Å². The van der Waals surface area contributed by atoms with Gasteiger partial charge in [-0.1, -0.05) is 12.1 Å². The van der Waals surface area contributed by atoms with E-state index in [9.17, 15) is 4.39 Å². The summed E-state index contributed by atoms with van der Waals surface area (Å²) in [5.74, 6) is -0.665. The van der Waals surface area contributed by atoms with Crippen LogP contribution in [0.4, 0.5) is 4.39 Å².